The second kappa shape index (κ2) is 3.31. The third kappa shape index (κ3) is 1.44. The van der Waals surface area contributed by atoms with Crippen LogP contribution in [0.15, 0.2) is 27.4 Å². The highest BCUT2D eigenvalue weighted by atomic mass is 16.5. The summed E-state index contributed by atoms with van der Waals surface area (Å²) in [6.45, 7) is 1.75. The second-order valence-electron chi connectivity index (χ2n) is 3.25. The Morgan fingerprint density at radius 3 is 2.80 bits per heavy atom. The van der Waals surface area contributed by atoms with Gasteiger partial charge >= 0.3 is 5.63 Å². The van der Waals surface area contributed by atoms with Gasteiger partial charge in [0.2, 0.25) is 5.75 Å². The molecule has 15 heavy (non-hydrogen) atoms. The van der Waals surface area contributed by atoms with E-state index >= 15 is 0 Å². The normalized spacial score (nSPS) is 10.5. The molecule has 0 amide bonds. The van der Waals surface area contributed by atoms with Gasteiger partial charge in [-0.05, 0) is 24.6 Å². The molecule has 0 aliphatic heterocycles. The fourth-order valence-corrected chi connectivity index (χ4v) is 1.50. The van der Waals surface area contributed by atoms with E-state index in [0.717, 1.165) is 5.39 Å². The lowest BCUT2D eigenvalue weighted by Crippen LogP contribution is -1.97. The van der Waals surface area contributed by atoms with Crippen molar-refractivity contribution in [3.8, 4) is 11.5 Å². The molecule has 78 valence electrons. The smallest absolute Gasteiger partial charge is 0.336 e. The van der Waals surface area contributed by atoms with Crippen molar-refractivity contribution < 1.29 is 14.3 Å². The number of phenolic OH excluding ortho intramolecular Hbond substituents is 1. The summed E-state index contributed by atoms with van der Waals surface area (Å²) < 4.78 is 9.99. The molecule has 1 heterocycles. The van der Waals surface area contributed by atoms with Gasteiger partial charge in [0, 0.05) is 11.5 Å². The quantitative estimate of drug-likeness (QED) is 0.723. The van der Waals surface area contributed by atoms with Crippen molar-refractivity contribution in [1.82, 2.24) is 0 Å². The summed E-state index contributed by atoms with van der Waals surface area (Å²) in [6, 6.07) is 4.70. The van der Waals surface area contributed by atoms with Gasteiger partial charge in [0.05, 0.1) is 7.11 Å². The number of hydrogen-bond acceptors (Lipinski definition) is 4. The maximum Gasteiger partial charge on any atom is 0.336 e. The standard InChI is InChI=1S/C11H10O4/c1-6-5-7-3-4-8(12)15-10(7)11(14-2)9(6)13/h3-5,13H,1-2H3. The summed E-state index contributed by atoms with van der Waals surface area (Å²) in [5.74, 6) is 0.196. The van der Waals surface area contributed by atoms with Gasteiger partial charge in [-0.25, -0.2) is 4.79 Å². The van der Waals surface area contributed by atoms with Gasteiger partial charge in [0.25, 0.3) is 0 Å². The molecule has 0 aliphatic carbocycles. The van der Waals surface area contributed by atoms with E-state index in [2.05, 4.69) is 0 Å². The topological polar surface area (TPSA) is 59.7 Å². The highest BCUT2D eigenvalue weighted by Gasteiger charge is 2.12. The van der Waals surface area contributed by atoms with Crippen molar-refractivity contribution in [3.63, 3.8) is 0 Å². The van der Waals surface area contributed by atoms with E-state index in [-0.39, 0.29) is 17.1 Å². The number of ether oxygens (including phenoxy) is 1. The predicted octanol–water partition coefficient (Wildman–Crippen LogP) is 1.82. The van der Waals surface area contributed by atoms with E-state index in [1.54, 1.807) is 19.1 Å². The molecule has 0 atom stereocenters. The Morgan fingerprint density at radius 2 is 2.13 bits per heavy atom. The van der Waals surface area contributed by atoms with E-state index in [1.165, 1.54) is 13.2 Å². The lowest BCUT2D eigenvalue weighted by molar-refractivity contribution is 0.367. The van der Waals surface area contributed by atoms with Crippen LogP contribution >= 0.6 is 0 Å². The lowest BCUT2D eigenvalue weighted by atomic mass is 10.1. The number of hydrogen-bond donors (Lipinski definition) is 1. The van der Waals surface area contributed by atoms with Crippen LogP contribution in [0.5, 0.6) is 11.5 Å². The minimum Gasteiger partial charge on any atom is -0.504 e. The SMILES string of the molecule is COc1c(O)c(C)cc2ccc(=O)oc12. The summed E-state index contributed by atoms with van der Waals surface area (Å²) in [5, 5.41) is 10.4. The molecule has 1 aromatic carbocycles. The van der Waals surface area contributed by atoms with Crippen LogP contribution in [0.1, 0.15) is 5.56 Å². The Kier molecular flexibility index (Phi) is 2.11. The number of phenols is 1. The molecule has 4 nitrogen and oxygen atoms in total. The first-order valence-corrected chi connectivity index (χ1v) is 4.44. The number of aromatic hydroxyl groups is 1. The molecule has 2 rings (SSSR count). The van der Waals surface area contributed by atoms with Crippen LogP contribution in [-0.2, 0) is 0 Å². The first-order chi connectivity index (χ1) is 7.13. The van der Waals surface area contributed by atoms with E-state index in [4.69, 9.17) is 9.15 Å². The molecule has 0 saturated carbocycles. The van der Waals surface area contributed by atoms with Crippen LogP contribution < -0.4 is 10.4 Å². The third-order valence-corrected chi connectivity index (χ3v) is 2.23. The van der Waals surface area contributed by atoms with Crippen LogP contribution in [0.2, 0.25) is 0 Å². The predicted molar refractivity (Wildman–Crippen MR) is 55.4 cm³/mol. The summed E-state index contributed by atoms with van der Waals surface area (Å²) in [7, 11) is 1.42. The summed E-state index contributed by atoms with van der Waals surface area (Å²) >= 11 is 0. The fourth-order valence-electron chi connectivity index (χ4n) is 1.50. The molecule has 1 N–H and O–H groups in total. The Morgan fingerprint density at radius 1 is 1.40 bits per heavy atom. The van der Waals surface area contributed by atoms with Gasteiger partial charge in [-0.15, -0.1) is 0 Å². The zero-order valence-electron chi connectivity index (χ0n) is 8.40. The van der Waals surface area contributed by atoms with E-state index in [1.807, 2.05) is 0 Å². The van der Waals surface area contributed by atoms with E-state index in [9.17, 15) is 9.90 Å². The van der Waals surface area contributed by atoms with Crippen molar-refractivity contribution in [3.05, 3.63) is 34.2 Å². The van der Waals surface area contributed by atoms with Gasteiger partial charge < -0.3 is 14.3 Å². The molecule has 2 aromatic rings. The van der Waals surface area contributed by atoms with Crippen LogP contribution in [-0.4, -0.2) is 12.2 Å². The lowest BCUT2D eigenvalue weighted by Gasteiger charge is -2.08. The van der Waals surface area contributed by atoms with E-state index in [0.29, 0.717) is 5.56 Å². The Hall–Kier alpha value is -1.97. The number of benzene rings is 1. The number of rotatable bonds is 1. The van der Waals surface area contributed by atoms with Crippen molar-refractivity contribution in [2.45, 2.75) is 6.92 Å². The molecular formula is C11H10O4. The fraction of sp³-hybridized carbons (Fsp3) is 0.182. The van der Waals surface area contributed by atoms with Crippen molar-refractivity contribution in [1.29, 1.82) is 0 Å². The van der Waals surface area contributed by atoms with Crippen LogP contribution in [0.25, 0.3) is 11.0 Å². The van der Waals surface area contributed by atoms with Crippen LogP contribution in [0.3, 0.4) is 0 Å². The monoisotopic (exact) mass is 206 g/mol. The molecule has 0 bridgehead atoms. The Labute approximate surface area is 85.7 Å². The van der Waals surface area contributed by atoms with Crippen molar-refractivity contribution in [2.24, 2.45) is 0 Å². The van der Waals surface area contributed by atoms with Gasteiger partial charge in [-0.1, -0.05) is 0 Å². The van der Waals surface area contributed by atoms with Crippen LogP contribution in [0, 0.1) is 6.92 Å². The molecule has 1 aromatic heterocycles. The van der Waals surface area contributed by atoms with E-state index < -0.39 is 5.63 Å². The number of aryl methyl sites for hydroxylation is 1. The molecule has 0 fully saturated rings. The summed E-state index contributed by atoms with van der Waals surface area (Å²) in [5.41, 5.74) is 0.477. The first kappa shape index (κ1) is 9.58. The van der Waals surface area contributed by atoms with Gasteiger partial charge in [0.15, 0.2) is 11.3 Å². The van der Waals surface area contributed by atoms with Gasteiger partial charge in [-0.2, -0.15) is 0 Å². The van der Waals surface area contributed by atoms with Crippen molar-refractivity contribution >= 4 is 11.0 Å². The molecular weight excluding hydrogens is 196 g/mol. The van der Waals surface area contributed by atoms with Crippen LogP contribution in [0.4, 0.5) is 0 Å². The maximum absolute atomic E-state index is 11.0. The average molecular weight is 206 g/mol. The molecule has 0 aliphatic rings. The zero-order valence-corrected chi connectivity index (χ0v) is 8.40. The summed E-state index contributed by atoms with van der Waals surface area (Å²) in [6.07, 6.45) is 0. The second-order valence-corrected chi connectivity index (χ2v) is 3.25. The highest BCUT2D eigenvalue weighted by molar-refractivity contribution is 5.86. The molecule has 0 radical (unpaired) electrons. The molecule has 4 heteroatoms. The molecule has 0 saturated heterocycles. The summed E-state index contributed by atoms with van der Waals surface area (Å²) in [4.78, 5) is 11.0. The zero-order chi connectivity index (χ0) is 11.0. The maximum atomic E-state index is 11.0. The average Bonchev–Trinajstić information content (AvgIpc) is 2.21. The Bertz CT molecular complexity index is 569. The van der Waals surface area contributed by atoms with Crippen molar-refractivity contribution in [2.75, 3.05) is 7.11 Å². The number of methoxy groups -OCH3 is 1. The minimum atomic E-state index is -0.468. The third-order valence-electron chi connectivity index (χ3n) is 2.23. The number of fused-ring (bicyclic) bond motifs is 1. The highest BCUT2D eigenvalue weighted by Crippen LogP contribution is 2.36. The Balaban J connectivity index is 2.95. The van der Waals surface area contributed by atoms with Gasteiger partial charge in [-0.3, -0.25) is 0 Å². The minimum absolute atomic E-state index is 0.000602. The molecule has 0 spiro atoms. The molecule has 0 unspecified atom stereocenters. The largest absolute Gasteiger partial charge is 0.504 e. The first-order valence-electron chi connectivity index (χ1n) is 4.44. The van der Waals surface area contributed by atoms with Gasteiger partial charge in [0.1, 0.15) is 0 Å².